The van der Waals surface area contributed by atoms with Gasteiger partial charge in [0.25, 0.3) is 5.69 Å². The van der Waals surface area contributed by atoms with Crippen LogP contribution in [0, 0.1) is 10.1 Å². The standard InChI is InChI=1S/C12H14ClN3O4/c1-7(12(18)14-2)15-10(17)6-8-4-3-5-9(13)11(8)16(19)20/h3-5,7H,6H2,1-2H3,(H,14,18)(H,15,17)/t7-/m1/s1. The third-order valence-corrected chi connectivity index (χ3v) is 2.93. The third kappa shape index (κ3) is 3.92. The summed E-state index contributed by atoms with van der Waals surface area (Å²) in [7, 11) is 1.45. The number of nitro benzene ring substituents is 1. The number of nitrogens with zero attached hydrogens (tertiary/aromatic N) is 1. The van der Waals surface area contributed by atoms with Crippen molar-refractivity contribution in [3.05, 3.63) is 38.9 Å². The fourth-order valence-corrected chi connectivity index (χ4v) is 1.92. The van der Waals surface area contributed by atoms with E-state index in [1.807, 2.05) is 0 Å². The molecule has 1 atom stereocenters. The number of amides is 2. The molecule has 0 aliphatic rings. The van der Waals surface area contributed by atoms with Gasteiger partial charge >= 0.3 is 0 Å². The molecule has 0 saturated heterocycles. The maximum atomic E-state index is 11.8. The van der Waals surface area contributed by atoms with E-state index in [1.54, 1.807) is 0 Å². The van der Waals surface area contributed by atoms with E-state index in [0.717, 1.165) is 0 Å². The second-order valence-corrected chi connectivity index (χ2v) is 4.49. The van der Waals surface area contributed by atoms with E-state index in [0.29, 0.717) is 0 Å². The van der Waals surface area contributed by atoms with Crippen molar-refractivity contribution >= 4 is 29.1 Å². The Labute approximate surface area is 120 Å². The van der Waals surface area contributed by atoms with E-state index in [2.05, 4.69) is 10.6 Å². The molecular formula is C12H14ClN3O4. The summed E-state index contributed by atoms with van der Waals surface area (Å²) >= 11 is 5.75. The molecule has 0 aliphatic carbocycles. The lowest BCUT2D eigenvalue weighted by Crippen LogP contribution is -2.44. The van der Waals surface area contributed by atoms with Crippen LogP contribution in [0.1, 0.15) is 12.5 Å². The van der Waals surface area contributed by atoms with Gasteiger partial charge in [0.05, 0.1) is 11.3 Å². The van der Waals surface area contributed by atoms with Gasteiger partial charge in [0.15, 0.2) is 0 Å². The van der Waals surface area contributed by atoms with Crippen molar-refractivity contribution in [3.8, 4) is 0 Å². The molecule has 0 saturated carbocycles. The number of halogens is 1. The summed E-state index contributed by atoms with van der Waals surface area (Å²) in [6.07, 6.45) is -0.224. The Morgan fingerprint density at radius 1 is 1.45 bits per heavy atom. The lowest BCUT2D eigenvalue weighted by molar-refractivity contribution is -0.385. The minimum Gasteiger partial charge on any atom is -0.357 e. The molecule has 20 heavy (non-hydrogen) atoms. The summed E-state index contributed by atoms with van der Waals surface area (Å²) in [6.45, 7) is 1.52. The van der Waals surface area contributed by atoms with Gasteiger partial charge in [-0.25, -0.2) is 0 Å². The number of nitro groups is 1. The van der Waals surface area contributed by atoms with E-state index < -0.39 is 16.9 Å². The minimum atomic E-state index is -0.717. The van der Waals surface area contributed by atoms with E-state index in [-0.39, 0.29) is 28.6 Å². The zero-order valence-electron chi connectivity index (χ0n) is 11.0. The Hall–Kier alpha value is -2.15. The van der Waals surface area contributed by atoms with Crippen LogP contribution in [0.2, 0.25) is 5.02 Å². The van der Waals surface area contributed by atoms with Gasteiger partial charge in [0.1, 0.15) is 11.1 Å². The molecule has 0 aromatic heterocycles. The number of hydrogen-bond acceptors (Lipinski definition) is 4. The zero-order valence-corrected chi connectivity index (χ0v) is 11.7. The van der Waals surface area contributed by atoms with Crippen LogP contribution in [0.15, 0.2) is 18.2 Å². The molecular weight excluding hydrogens is 286 g/mol. The zero-order chi connectivity index (χ0) is 15.3. The maximum absolute atomic E-state index is 11.8. The first-order valence-corrected chi connectivity index (χ1v) is 6.17. The monoisotopic (exact) mass is 299 g/mol. The lowest BCUT2D eigenvalue weighted by Gasteiger charge is -2.12. The van der Waals surface area contributed by atoms with Gasteiger partial charge in [-0.05, 0) is 13.0 Å². The molecule has 0 aliphatic heterocycles. The highest BCUT2D eigenvalue weighted by molar-refractivity contribution is 6.32. The van der Waals surface area contributed by atoms with Crippen LogP contribution in [-0.4, -0.2) is 29.8 Å². The number of nitrogens with one attached hydrogen (secondary N) is 2. The molecule has 2 N–H and O–H groups in total. The van der Waals surface area contributed by atoms with Gasteiger partial charge < -0.3 is 10.6 Å². The van der Waals surface area contributed by atoms with Gasteiger partial charge in [-0.2, -0.15) is 0 Å². The van der Waals surface area contributed by atoms with Crippen LogP contribution in [0.25, 0.3) is 0 Å². The number of likely N-dealkylation sites (N-methyl/N-ethyl adjacent to an activating group) is 1. The largest absolute Gasteiger partial charge is 0.357 e. The number of carbonyl (C=O) groups excluding carboxylic acids is 2. The van der Waals surface area contributed by atoms with Crippen molar-refractivity contribution in [2.24, 2.45) is 0 Å². The van der Waals surface area contributed by atoms with Crippen LogP contribution in [0.5, 0.6) is 0 Å². The summed E-state index contributed by atoms with van der Waals surface area (Å²) in [5.74, 6) is -0.842. The molecule has 1 aromatic carbocycles. The SMILES string of the molecule is CNC(=O)[C@@H](C)NC(=O)Cc1cccc(Cl)c1[N+](=O)[O-]. The molecule has 0 radical (unpaired) electrons. The fraction of sp³-hybridized carbons (Fsp3) is 0.333. The van der Waals surface area contributed by atoms with E-state index in [1.165, 1.54) is 32.2 Å². The lowest BCUT2D eigenvalue weighted by atomic mass is 10.1. The van der Waals surface area contributed by atoms with Gasteiger partial charge in [-0.1, -0.05) is 23.7 Å². The Morgan fingerprint density at radius 3 is 2.65 bits per heavy atom. The predicted octanol–water partition coefficient (Wildman–Crippen LogP) is 1.04. The average Bonchev–Trinajstić information content (AvgIpc) is 2.36. The Balaban J connectivity index is 2.84. The van der Waals surface area contributed by atoms with Crippen molar-refractivity contribution in [1.82, 2.24) is 10.6 Å². The molecule has 0 unspecified atom stereocenters. The van der Waals surface area contributed by atoms with Crippen molar-refractivity contribution in [3.63, 3.8) is 0 Å². The van der Waals surface area contributed by atoms with Crippen molar-refractivity contribution < 1.29 is 14.5 Å². The number of rotatable bonds is 5. The van der Waals surface area contributed by atoms with E-state index >= 15 is 0 Å². The Bertz CT molecular complexity index is 548. The Morgan fingerprint density at radius 2 is 2.10 bits per heavy atom. The highest BCUT2D eigenvalue weighted by Crippen LogP contribution is 2.28. The van der Waals surface area contributed by atoms with E-state index in [9.17, 15) is 19.7 Å². The number of para-hydroxylation sites is 1. The van der Waals surface area contributed by atoms with Gasteiger partial charge in [-0.15, -0.1) is 0 Å². The molecule has 0 spiro atoms. The molecule has 0 bridgehead atoms. The number of hydrogen-bond donors (Lipinski definition) is 2. The highest BCUT2D eigenvalue weighted by Gasteiger charge is 2.21. The van der Waals surface area contributed by atoms with Gasteiger partial charge in [-0.3, -0.25) is 19.7 Å². The molecule has 7 nitrogen and oxygen atoms in total. The fourth-order valence-electron chi connectivity index (χ4n) is 1.65. The van der Waals surface area contributed by atoms with Crippen LogP contribution in [0.3, 0.4) is 0 Å². The molecule has 108 valence electrons. The second-order valence-electron chi connectivity index (χ2n) is 4.08. The molecule has 8 heteroatoms. The van der Waals surface area contributed by atoms with Crippen LogP contribution in [-0.2, 0) is 16.0 Å². The highest BCUT2D eigenvalue weighted by atomic mass is 35.5. The maximum Gasteiger partial charge on any atom is 0.291 e. The first kappa shape index (κ1) is 15.9. The minimum absolute atomic E-state index is 0.0281. The first-order chi connectivity index (χ1) is 9.36. The third-order valence-electron chi connectivity index (χ3n) is 2.62. The first-order valence-electron chi connectivity index (χ1n) is 5.79. The second kappa shape index (κ2) is 6.85. The van der Waals surface area contributed by atoms with Crippen molar-refractivity contribution in [2.75, 3.05) is 7.05 Å². The predicted molar refractivity (Wildman–Crippen MR) is 73.5 cm³/mol. The van der Waals surface area contributed by atoms with Crippen molar-refractivity contribution in [1.29, 1.82) is 0 Å². The normalized spacial score (nSPS) is 11.6. The summed E-state index contributed by atoms with van der Waals surface area (Å²) in [4.78, 5) is 33.3. The van der Waals surface area contributed by atoms with Gasteiger partial charge in [0.2, 0.25) is 11.8 Å². The number of carbonyl (C=O) groups is 2. The van der Waals surface area contributed by atoms with Crippen molar-refractivity contribution in [2.45, 2.75) is 19.4 Å². The molecule has 1 rings (SSSR count). The van der Waals surface area contributed by atoms with Gasteiger partial charge in [0, 0.05) is 12.6 Å². The average molecular weight is 300 g/mol. The quantitative estimate of drug-likeness (QED) is 0.626. The molecule has 0 heterocycles. The topological polar surface area (TPSA) is 101 Å². The Kier molecular flexibility index (Phi) is 5.45. The van der Waals surface area contributed by atoms with E-state index in [4.69, 9.17) is 11.6 Å². The summed E-state index contributed by atoms with van der Waals surface area (Å²) in [5, 5.41) is 15.7. The molecule has 2 amide bonds. The molecule has 0 fully saturated rings. The summed E-state index contributed by atoms with van der Waals surface area (Å²) in [5.41, 5.74) is -0.0963. The van der Waals surface area contributed by atoms with Crippen LogP contribution in [0.4, 0.5) is 5.69 Å². The smallest absolute Gasteiger partial charge is 0.291 e. The number of benzene rings is 1. The van der Waals surface area contributed by atoms with Crippen LogP contribution < -0.4 is 10.6 Å². The summed E-state index contributed by atoms with van der Waals surface area (Å²) < 4.78 is 0. The molecule has 1 aromatic rings. The van der Waals surface area contributed by atoms with Crippen LogP contribution >= 0.6 is 11.6 Å². The summed E-state index contributed by atoms with van der Waals surface area (Å²) in [6, 6.07) is 3.65.